The molecule has 0 rings (SSSR count). The molecule has 0 atom stereocenters. The highest BCUT2D eigenvalue weighted by Crippen LogP contribution is 2.12. The molecule has 0 aliphatic carbocycles. The van der Waals surface area contributed by atoms with Crippen molar-refractivity contribution in [3.05, 3.63) is 11.6 Å². The molecule has 0 heterocycles. The molecule has 0 fully saturated rings. The van der Waals surface area contributed by atoms with E-state index in [-0.39, 0.29) is 0 Å². The van der Waals surface area contributed by atoms with Crippen LogP contribution in [0.25, 0.3) is 0 Å². The van der Waals surface area contributed by atoms with E-state index >= 15 is 0 Å². The maximum atomic E-state index is 10.1. The molecule has 10 heavy (non-hydrogen) atoms. The molecule has 0 aromatic heterocycles. The number of rotatable bonds is 4. The average Bonchev–Trinajstić information content (AvgIpc) is 1.86. The molecule has 0 radical (unpaired) electrons. The fraction of sp³-hybridized carbons (Fsp3) is 0.667. The van der Waals surface area contributed by atoms with Crippen molar-refractivity contribution in [1.82, 2.24) is 0 Å². The van der Waals surface area contributed by atoms with Crippen LogP contribution in [0.4, 0.5) is 0 Å². The standard InChI is InChI=1S/C9H16O/c1-4-9(5-6-10)7-8(2)3/h5-6,8H,4,7H2,1-3H3/b9-5+. The Labute approximate surface area is 63.1 Å². The molecule has 1 heteroatoms. The highest BCUT2D eigenvalue weighted by atomic mass is 16.1. The molecule has 0 N–H and O–H groups in total. The Morgan fingerprint density at radius 1 is 1.50 bits per heavy atom. The maximum absolute atomic E-state index is 10.1. The third-order valence-electron chi connectivity index (χ3n) is 1.43. The van der Waals surface area contributed by atoms with Crippen molar-refractivity contribution >= 4 is 6.29 Å². The van der Waals surface area contributed by atoms with Gasteiger partial charge in [-0.05, 0) is 24.8 Å². The van der Waals surface area contributed by atoms with E-state index in [0.29, 0.717) is 5.92 Å². The summed E-state index contributed by atoms with van der Waals surface area (Å²) in [5.41, 5.74) is 1.25. The Balaban J connectivity index is 3.82. The van der Waals surface area contributed by atoms with Gasteiger partial charge in [0, 0.05) is 0 Å². The van der Waals surface area contributed by atoms with Gasteiger partial charge in [-0.2, -0.15) is 0 Å². The second kappa shape index (κ2) is 5.21. The first-order valence-electron chi connectivity index (χ1n) is 3.83. The highest BCUT2D eigenvalue weighted by Gasteiger charge is 1.97. The van der Waals surface area contributed by atoms with Crippen LogP contribution in [-0.4, -0.2) is 6.29 Å². The number of carbonyl (C=O) groups excluding carboxylic acids is 1. The molecular weight excluding hydrogens is 124 g/mol. The predicted octanol–water partition coefficient (Wildman–Crippen LogP) is 2.57. The van der Waals surface area contributed by atoms with Gasteiger partial charge >= 0.3 is 0 Å². The van der Waals surface area contributed by atoms with Crippen LogP contribution >= 0.6 is 0 Å². The van der Waals surface area contributed by atoms with Crippen LogP contribution in [0.1, 0.15) is 33.6 Å². The molecule has 1 nitrogen and oxygen atoms in total. The number of hydrogen-bond donors (Lipinski definition) is 0. The van der Waals surface area contributed by atoms with E-state index in [9.17, 15) is 4.79 Å². The molecule has 0 aromatic rings. The van der Waals surface area contributed by atoms with Gasteiger partial charge in [0.25, 0.3) is 0 Å². The second-order valence-electron chi connectivity index (χ2n) is 2.91. The number of hydrogen-bond acceptors (Lipinski definition) is 1. The molecule has 0 aliphatic rings. The lowest BCUT2D eigenvalue weighted by Gasteiger charge is -2.05. The van der Waals surface area contributed by atoms with Crippen LogP contribution in [0.15, 0.2) is 11.6 Å². The van der Waals surface area contributed by atoms with E-state index in [1.807, 2.05) is 0 Å². The zero-order valence-corrected chi connectivity index (χ0v) is 7.05. The summed E-state index contributed by atoms with van der Waals surface area (Å²) < 4.78 is 0. The first-order valence-corrected chi connectivity index (χ1v) is 3.83. The third kappa shape index (κ3) is 4.30. The van der Waals surface area contributed by atoms with Crippen molar-refractivity contribution in [1.29, 1.82) is 0 Å². The van der Waals surface area contributed by atoms with Gasteiger partial charge in [-0.15, -0.1) is 0 Å². The van der Waals surface area contributed by atoms with Crippen LogP contribution in [0, 0.1) is 5.92 Å². The minimum Gasteiger partial charge on any atom is -0.299 e. The minimum atomic E-state index is 0.658. The van der Waals surface area contributed by atoms with Gasteiger partial charge < -0.3 is 0 Å². The first-order chi connectivity index (χ1) is 4.70. The van der Waals surface area contributed by atoms with Crippen LogP contribution < -0.4 is 0 Å². The molecule has 0 saturated carbocycles. The lowest BCUT2D eigenvalue weighted by Crippen LogP contribution is -1.90. The van der Waals surface area contributed by atoms with Crippen LogP contribution in [0.5, 0.6) is 0 Å². The summed E-state index contributed by atoms with van der Waals surface area (Å²) in [5, 5.41) is 0. The molecule has 0 bridgehead atoms. The zero-order valence-electron chi connectivity index (χ0n) is 7.05. The normalized spacial score (nSPS) is 12.2. The number of carbonyl (C=O) groups is 1. The second-order valence-corrected chi connectivity index (χ2v) is 2.91. The van der Waals surface area contributed by atoms with Gasteiger partial charge in [-0.1, -0.05) is 26.3 Å². The Hall–Kier alpha value is -0.590. The van der Waals surface area contributed by atoms with Gasteiger partial charge in [0.1, 0.15) is 6.29 Å². The van der Waals surface area contributed by atoms with E-state index in [0.717, 1.165) is 19.1 Å². The largest absolute Gasteiger partial charge is 0.299 e. The van der Waals surface area contributed by atoms with Crippen molar-refractivity contribution in [2.75, 3.05) is 0 Å². The Morgan fingerprint density at radius 2 is 2.10 bits per heavy atom. The van der Waals surface area contributed by atoms with Crippen molar-refractivity contribution in [2.45, 2.75) is 33.6 Å². The molecule has 0 spiro atoms. The Kier molecular flexibility index (Phi) is 4.91. The van der Waals surface area contributed by atoms with Crippen molar-refractivity contribution in [3.8, 4) is 0 Å². The van der Waals surface area contributed by atoms with E-state index in [2.05, 4.69) is 20.8 Å². The van der Waals surface area contributed by atoms with Gasteiger partial charge in [0.05, 0.1) is 0 Å². The van der Waals surface area contributed by atoms with E-state index < -0.39 is 0 Å². The topological polar surface area (TPSA) is 17.1 Å². The summed E-state index contributed by atoms with van der Waals surface area (Å²) in [6.45, 7) is 6.40. The summed E-state index contributed by atoms with van der Waals surface area (Å²) in [5.74, 6) is 0.658. The molecular formula is C9H16O. The molecule has 0 unspecified atom stereocenters. The molecule has 0 aliphatic heterocycles. The van der Waals surface area contributed by atoms with Crippen molar-refractivity contribution < 1.29 is 4.79 Å². The lowest BCUT2D eigenvalue weighted by molar-refractivity contribution is -0.104. The maximum Gasteiger partial charge on any atom is 0.142 e. The summed E-state index contributed by atoms with van der Waals surface area (Å²) in [4.78, 5) is 10.1. The fourth-order valence-corrected chi connectivity index (χ4v) is 0.951. The minimum absolute atomic E-state index is 0.658. The summed E-state index contributed by atoms with van der Waals surface area (Å²) >= 11 is 0. The van der Waals surface area contributed by atoms with Gasteiger partial charge in [0.2, 0.25) is 0 Å². The predicted molar refractivity (Wildman–Crippen MR) is 43.9 cm³/mol. The molecule has 0 amide bonds. The summed E-state index contributed by atoms with van der Waals surface area (Å²) in [7, 11) is 0. The smallest absolute Gasteiger partial charge is 0.142 e. The highest BCUT2D eigenvalue weighted by molar-refractivity contribution is 5.66. The summed E-state index contributed by atoms with van der Waals surface area (Å²) in [6.07, 6.45) is 4.60. The van der Waals surface area contributed by atoms with E-state index in [1.54, 1.807) is 6.08 Å². The lowest BCUT2D eigenvalue weighted by atomic mass is 10.0. The average molecular weight is 140 g/mol. The monoisotopic (exact) mass is 140 g/mol. The van der Waals surface area contributed by atoms with Crippen molar-refractivity contribution in [3.63, 3.8) is 0 Å². The molecule has 0 aromatic carbocycles. The van der Waals surface area contributed by atoms with Crippen LogP contribution in [0.2, 0.25) is 0 Å². The Morgan fingerprint density at radius 3 is 2.40 bits per heavy atom. The quantitative estimate of drug-likeness (QED) is 0.433. The molecule has 58 valence electrons. The fourth-order valence-electron chi connectivity index (χ4n) is 0.951. The zero-order chi connectivity index (χ0) is 7.98. The SMILES string of the molecule is CC/C(=C\C=O)CC(C)C. The van der Waals surface area contributed by atoms with Crippen LogP contribution in [-0.2, 0) is 4.79 Å². The first kappa shape index (κ1) is 9.41. The number of allylic oxidation sites excluding steroid dienone is 2. The Bertz CT molecular complexity index is 123. The van der Waals surface area contributed by atoms with Crippen LogP contribution in [0.3, 0.4) is 0 Å². The number of aldehydes is 1. The van der Waals surface area contributed by atoms with Gasteiger partial charge in [-0.25, -0.2) is 0 Å². The summed E-state index contributed by atoms with van der Waals surface area (Å²) in [6, 6.07) is 0. The third-order valence-corrected chi connectivity index (χ3v) is 1.43. The van der Waals surface area contributed by atoms with Crippen molar-refractivity contribution in [2.24, 2.45) is 5.92 Å². The van der Waals surface area contributed by atoms with Gasteiger partial charge in [-0.3, -0.25) is 4.79 Å². The van der Waals surface area contributed by atoms with Gasteiger partial charge in [0.15, 0.2) is 0 Å². The van der Waals surface area contributed by atoms with E-state index in [4.69, 9.17) is 0 Å². The van der Waals surface area contributed by atoms with E-state index in [1.165, 1.54) is 5.57 Å². The molecule has 0 saturated heterocycles.